The highest BCUT2D eigenvalue weighted by molar-refractivity contribution is 7.07. The van der Waals surface area contributed by atoms with E-state index >= 15 is 0 Å². The second-order valence-electron chi connectivity index (χ2n) is 1.26. The topological polar surface area (TPSA) is 59.9 Å². The average Bonchev–Trinajstić information content (AvgIpc) is 2.33. The molecule has 0 atom stereocenters. The first kappa shape index (κ1) is 6.03. The molecule has 1 aromatic rings. The van der Waals surface area contributed by atoms with Gasteiger partial charge in [-0.05, 0) is 11.5 Å². The van der Waals surface area contributed by atoms with Crippen molar-refractivity contribution >= 4 is 24.1 Å². The Labute approximate surface area is 54.7 Å². The van der Waals surface area contributed by atoms with E-state index in [9.17, 15) is 9.59 Å². The summed E-state index contributed by atoms with van der Waals surface area (Å²) in [5.74, 6) is 0. The molecule has 5 heteroatoms. The number of hydrogen-bond acceptors (Lipinski definition) is 5. The van der Waals surface area contributed by atoms with E-state index in [1.807, 2.05) is 0 Å². The third-order valence-corrected chi connectivity index (χ3v) is 1.42. The Balaban J connectivity index is 3.12. The fourth-order valence-corrected chi connectivity index (χ4v) is 0.810. The fraction of sp³-hybridized carbons (Fsp3) is 0. The Kier molecular flexibility index (Phi) is 1.64. The van der Waals surface area contributed by atoms with Gasteiger partial charge in [0.05, 0.1) is 0 Å². The van der Waals surface area contributed by atoms with Gasteiger partial charge in [0.2, 0.25) is 0 Å². The second kappa shape index (κ2) is 2.45. The monoisotopic (exact) mass is 142 g/mol. The number of carbonyl (C=O) groups excluding carboxylic acids is 2. The number of nitrogens with zero attached hydrogens (tertiary/aromatic N) is 2. The summed E-state index contributed by atoms with van der Waals surface area (Å²) in [7, 11) is 0. The third-order valence-electron chi connectivity index (χ3n) is 0.759. The molecule has 0 aromatic carbocycles. The lowest BCUT2D eigenvalue weighted by Gasteiger charge is -1.73. The maximum Gasteiger partial charge on any atom is 0.172 e. The molecule has 0 saturated heterocycles. The van der Waals surface area contributed by atoms with Crippen molar-refractivity contribution in [1.29, 1.82) is 0 Å². The molecule has 0 aliphatic carbocycles. The summed E-state index contributed by atoms with van der Waals surface area (Å²) in [6, 6.07) is 0. The maximum absolute atomic E-state index is 10.0. The van der Waals surface area contributed by atoms with Gasteiger partial charge < -0.3 is 0 Å². The molecule has 0 aliphatic heterocycles. The molecule has 1 heterocycles. The van der Waals surface area contributed by atoms with Crippen molar-refractivity contribution in [1.82, 2.24) is 9.59 Å². The quantitative estimate of drug-likeness (QED) is 0.552. The smallest absolute Gasteiger partial charge is 0.172 e. The first-order chi connectivity index (χ1) is 4.38. The van der Waals surface area contributed by atoms with Gasteiger partial charge in [-0.2, -0.15) is 0 Å². The van der Waals surface area contributed by atoms with Crippen molar-refractivity contribution in [2.24, 2.45) is 0 Å². The largest absolute Gasteiger partial charge is 0.297 e. The minimum Gasteiger partial charge on any atom is -0.297 e. The molecule has 0 unspecified atom stereocenters. The van der Waals surface area contributed by atoms with Crippen LogP contribution in [0.5, 0.6) is 0 Å². The lowest BCUT2D eigenvalue weighted by Crippen LogP contribution is -1.84. The summed E-state index contributed by atoms with van der Waals surface area (Å²) in [6.45, 7) is 0. The van der Waals surface area contributed by atoms with Crippen LogP contribution in [0.3, 0.4) is 0 Å². The van der Waals surface area contributed by atoms with Crippen LogP contribution in [-0.4, -0.2) is 22.2 Å². The zero-order valence-corrected chi connectivity index (χ0v) is 5.09. The Hall–Kier alpha value is -1.10. The number of aromatic nitrogens is 2. The molecule has 9 heavy (non-hydrogen) atoms. The molecule has 4 nitrogen and oxygen atoms in total. The van der Waals surface area contributed by atoms with Gasteiger partial charge in [0.25, 0.3) is 0 Å². The molecular formula is C4H2N2O2S. The van der Waals surface area contributed by atoms with Crippen LogP contribution in [0.4, 0.5) is 0 Å². The second-order valence-corrected chi connectivity index (χ2v) is 2.04. The van der Waals surface area contributed by atoms with Gasteiger partial charge >= 0.3 is 0 Å². The van der Waals surface area contributed by atoms with E-state index < -0.39 is 0 Å². The van der Waals surface area contributed by atoms with Crippen molar-refractivity contribution in [2.75, 3.05) is 0 Å². The molecule has 0 radical (unpaired) electrons. The molecular weight excluding hydrogens is 140 g/mol. The van der Waals surface area contributed by atoms with Crippen LogP contribution in [0.1, 0.15) is 20.2 Å². The van der Waals surface area contributed by atoms with Gasteiger partial charge in [-0.1, -0.05) is 4.49 Å². The van der Waals surface area contributed by atoms with E-state index in [4.69, 9.17) is 0 Å². The van der Waals surface area contributed by atoms with Gasteiger partial charge in [0.1, 0.15) is 10.6 Å². The SMILES string of the molecule is O=Cc1nnsc1C=O. The highest BCUT2D eigenvalue weighted by atomic mass is 32.1. The van der Waals surface area contributed by atoms with Crippen molar-refractivity contribution in [3.63, 3.8) is 0 Å². The predicted molar refractivity (Wildman–Crippen MR) is 30.7 cm³/mol. The number of carbonyl (C=O) groups is 2. The molecule has 0 fully saturated rings. The summed E-state index contributed by atoms with van der Waals surface area (Å²) in [5.41, 5.74) is 0.120. The maximum atomic E-state index is 10.0. The Morgan fingerprint density at radius 2 is 2.11 bits per heavy atom. The molecule has 0 amide bonds. The summed E-state index contributed by atoms with van der Waals surface area (Å²) in [6.07, 6.45) is 1.07. The first-order valence-corrected chi connectivity index (χ1v) is 2.88. The van der Waals surface area contributed by atoms with Crippen molar-refractivity contribution in [2.45, 2.75) is 0 Å². The third kappa shape index (κ3) is 0.996. The van der Waals surface area contributed by atoms with Crippen LogP contribution in [0.15, 0.2) is 0 Å². The van der Waals surface area contributed by atoms with E-state index in [0.717, 1.165) is 11.5 Å². The van der Waals surface area contributed by atoms with Crippen molar-refractivity contribution < 1.29 is 9.59 Å². The average molecular weight is 142 g/mol. The number of rotatable bonds is 2. The van der Waals surface area contributed by atoms with Crippen LogP contribution in [0.25, 0.3) is 0 Å². The summed E-state index contributed by atoms with van der Waals surface area (Å²) in [4.78, 5) is 20.3. The number of hydrogen-bond donors (Lipinski definition) is 0. The van der Waals surface area contributed by atoms with Gasteiger partial charge in [-0.15, -0.1) is 5.10 Å². The molecule has 46 valence electrons. The van der Waals surface area contributed by atoms with E-state index in [1.54, 1.807) is 0 Å². The first-order valence-electron chi connectivity index (χ1n) is 2.11. The zero-order chi connectivity index (χ0) is 6.69. The molecule has 0 saturated carbocycles. The summed E-state index contributed by atoms with van der Waals surface area (Å²) < 4.78 is 3.39. The predicted octanol–water partition coefficient (Wildman–Crippen LogP) is 0.163. The van der Waals surface area contributed by atoms with Crippen molar-refractivity contribution in [3.8, 4) is 0 Å². The summed E-state index contributed by atoms with van der Waals surface area (Å²) >= 11 is 0.914. The Morgan fingerprint density at radius 1 is 1.33 bits per heavy atom. The molecule has 1 aromatic heterocycles. The van der Waals surface area contributed by atoms with E-state index in [2.05, 4.69) is 9.59 Å². The van der Waals surface area contributed by atoms with Gasteiger partial charge in [-0.3, -0.25) is 9.59 Å². The Morgan fingerprint density at radius 3 is 2.56 bits per heavy atom. The number of aldehydes is 2. The van der Waals surface area contributed by atoms with E-state index in [0.29, 0.717) is 12.6 Å². The Bertz CT molecular complexity index is 210. The van der Waals surface area contributed by atoms with Crippen LogP contribution in [0, 0.1) is 0 Å². The molecule has 0 aliphatic rings. The van der Waals surface area contributed by atoms with Crippen LogP contribution >= 0.6 is 11.5 Å². The highest BCUT2D eigenvalue weighted by Crippen LogP contribution is 2.02. The van der Waals surface area contributed by atoms with E-state index in [-0.39, 0.29) is 10.6 Å². The molecule has 0 N–H and O–H groups in total. The summed E-state index contributed by atoms with van der Waals surface area (Å²) in [5, 5.41) is 3.37. The van der Waals surface area contributed by atoms with Crippen molar-refractivity contribution in [3.05, 3.63) is 10.6 Å². The van der Waals surface area contributed by atoms with Gasteiger partial charge in [0.15, 0.2) is 12.6 Å². The van der Waals surface area contributed by atoms with E-state index in [1.165, 1.54) is 0 Å². The molecule has 0 spiro atoms. The fourth-order valence-electron chi connectivity index (χ4n) is 0.368. The standard InChI is InChI=1S/C4H2N2O2S/c7-1-3-4(2-8)9-6-5-3/h1-2H. The molecule has 1 rings (SSSR count). The van der Waals surface area contributed by atoms with Crippen LogP contribution in [-0.2, 0) is 0 Å². The van der Waals surface area contributed by atoms with Crippen LogP contribution in [0.2, 0.25) is 0 Å². The molecule has 0 bridgehead atoms. The normalized spacial score (nSPS) is 8.89. The minimum absolute atomic E-state index is 0.120. The van der Waals surface area contributed by atoms with Crippen LogP contribution < -0.4 is 0 Å². The zero-order valence-electron chi connectivity index (χ0n) is 4.27. The highest BCUT2D eigenvalue weighted by Gasteiger charge is 2.02. The lowest BCUT2D eigenvalue weighted by molar-refractivity contribution is 0.109. The van der Waals surface area contributed by atoms with Gasteiger partial charge in [0, 0.05) is 0 Å². The van der Waals surface area contributed by atoms with Gasteiger partial charge in [-0.25, -0.2) is 0 Å². The minimum atomic E-state index is 0.120. The lowest BCUT2D eigenvalue weighted by atomic mass is 10.4.